The Labute approximate surface area is 88.9 Å². The first-order valence-corrected chi connectivity index (χ1v) is 4.89. The van der Waals surface area contributed by atoms with Crippen LogP contribution in [0, 0.1) is 12.8 Å². The van der Waals surface area contributed by atoms with Gasteiger partial charge in [0.25, 0.3) is 6.47 Å². The Hall–Kier alpha value is -1.58. The fourth-order valence-corrected chi connectivity index (χ4v) is 1.09. The second kappa shape index (κ2) is 6.01. The molecule has 0 radical (unpaired) electrons. The Kier molecular flexibility index (Phi) is 4.60. The molecule has 4 heteroatoms. The minimum absolute atomic E-state index is 0.250. The fourth-order valence-electron chi connectivity index (χ4n) is 1.09. The first-order valence-electron chi connectivity index (χ1n) is 4.89. The Morgan fingerprint density at radius 1 is 1.67 bits per heavy atom. The minimum Gasteiger partial charge on any atom is -0.491 e. The van der Waals surface area contributed by atoms with Crippen molar-refractivity contribution in [1.29, 1.82) is 0 Å². The molecule has 1 aliphatic carbocycles. The zero-order chi connectivity index (χ0) is 11.1. The lowest BCUT2D eigenvalue weighted by molar-refractivity contribution is -0.122. The van der Waals surface area contributed by atoms with Gasteiger partial charge in [0.2, 0.25) is 0 Å². The summed E-state index contributed by atoms with van der Waals surface area (Å²) in [4.78, 5) is 12.4. The monoisotopic (exact) mass is 209 g/mol. The van der Waals surface area contributed by atoms with Crippen LogP contribution in [0.2, 0.25) is 0 Å². The lowest BCUT2D eigenvalue weighted by Crippen LogP contribution is -2.00. The van der Waals surface area contributed by atoms with Gasteiger partial charge in [0, 0.05) is 6.20 Å². The van der Waals surface area contributed by atoms with E-state index in [2.05, 4.69) is 4.98 Å². The van der Waals surface area contributed by atoms with Crippen LogP contribution in [-0.2, 0) is 4.79 Å². The maximum absolute atomic E-state index is 8.36. The average Bonchev–Trinajstić information content (AvgIpc) is 3.02. The third-order valence-corrected chi connectivity index (χ3v) is 2.16. The molecule has 1 N–H and O–H groups in total. The molecule has 1 aliphatic rings. The molecule has 0 saturated heterocycles. The third kappa shape index (κ3) is 4.44. The Morgan fingerprint density at radius 3 is 2.87 bits per heavy atom. The van der Waals surface area contributed by atoms with E-state index in [1.54, 1.807) is 12.4 Å². The van der Waals surface area contributed by atoms with Crippen molar-refractivity contribution < 1.29 is 14.6 Å². The molecule has 0 amide bonds. The highest BCUT2D eigenvalue weighted by molar-refractivity contribution is 5.32. The van der Waals surface area contributed by atoms with Crippen molar-refractivity contribution >= 4 is 6.47 Å². The van der Waals surface area contributed by atoms with Gasteiger partial charge in [0.1, 0.15) is 5.75 Å². The summed E-state index contributed by atoms with van der Waals surface area (Å²) in [5.41, 5.74) is 1.17. The van der Waals surface area contributed by atoms with E-state index in [0.717, 1.165) is 18.3 Å². The standard InChI is InChI=1S/C10H13NO.CH2O2/c1-8-4-5-11-6-10(8)12-7-9-2-3-9;2-1-3/h4-6,9H,2-3,7H2,1H3;1H,(H,2,3). The molecule has 0 aliphatic heterocycles. The summed E-state index contributed by atoms with van der Waals surface area (Å²) < 4.78 is 5.60. The number of rotatable bonds is 3. The molecule has 82 valence electrons. The lowest BCUT2D eigenvalue weighted by Gasteiger charge is -2.06. The summed E-state index contributed by atoms with van der Waals surface area (Å²) in [6.07, 6.45) is 6.25. The van der Waals surface area contributed by atoms with Crippen LogP contribution in [0.15, 0.2) is 18.5 Å². The molecule has 0 unspecified atom stereocenters. The second-order valence-corrected chi connectivity index (χ2v) is 3.50. The zero-order valence-electron chi connectivity index (χ0n) is 8.72. The third-order valence-electron chi connectivity index (χ3n) is 2.16. The van der Waals surface area contributed by atoms with Gasteiger partial charge in [-0.15, -0.1) is 0 Å². The number of nitrogens with zero attached hydrogens (tertiary/aromatic N) is 1. The molecular weight excluding hydrogens is 194 g/mol. The van der Waals surface area contributed by atoms with Gasteiger partial charge in [-0.3, -0.25) is 9.78 Å². The maximum Gasteiger partial charge on any atom is 0.290 e. The molecule has 0 atom stereocenters. The van der Waals surface area contributed by atoms with Gasteiger partial charge in [-0.05, 0) is 37.3 Å². The van der Waals surface area contributed by atoms with E-state index < -0.39 is 0 Å². The molecule has 1 heterocycles. The van der Waals surface area contributed by atoms with Crippen molar-refractivity contribution in [2.45, 2.75) is 19.8 Å². The summed E-state index contributed by atoms with van der Waals surface area (Å²) in [6.45, 7) is 2.66. The molecule has 1 aromatic rings. The van der Waals surface area contributed by atoms with Crippen LogP contribution in [0.25, 0.3) is 0 Å². The number of carbonyl (C=O) groups is 1. The van der Waals surface area contributed by atoms with E-state index >= 15 is 0 Å². The minimum atomic E-state index is -0.250. The molecule has 15 heavy (non-hydrogen) atoms. The van der Waals surface area contributed by atoms with Gasteiger partial charge < -0.3 is 9.84 Å². The average molecular weight is 209 g/mol. The number of hydrogen-bond donors (Lipinski definition) is 1. The Balaban J connectivity index is 0.000000337. The van der Waals surface area contributed by atoms with Crippen LogP contribution in [0.3, 0.4) is 0 Å². The van der Waals surface area contributed by atoms with Crippen LogP contribution >= 0.6 is 0 Å². The largest absolute Gasteiger partial charge is 0.491 e. The summed E-state index contributed by atoms with van der Waals surface area (Å²) in [5, 5.41) is 6.89. The topological polar surface area (TPSA) is 59.4 Å². The Bertz CT molecular complexity index is 310. The van der Waals surface area contributed by atoms with Crippen molar-refractivity contribution in [3.05, 3.63) is 24.0 Å². The zero-order valence-corrected chi connectivity index (χ0v) is 8.72. The second-order valence-electron chi connectivity index (χ2n) is 3.50. The molecule has 0 aromatic carbocycles. The van der Waals surface area contributed by atoms with Crippen molar-refractivity contribution in [3.63, 3.8) is 0 Å². The van der Waals surface area contributed by atoms with Crippen LogP contribution in [0.4, 0.5) is 0 Å². The number of carboxylic acid groups (broad SMARTS) is 1. The number of aryl methyl sites for hydroxylation is 1. The van der Waals surface area contributed by atoms with Crippen molar-refractivity contribution in [2.24, 2.45) is 5.92 Å². The quantitative estimate of drug-likeness (QED) is 0.772. The van der Waals surface area contributed by atoms with Crippen molar-refractivity contribution in [1.82, 2.24) is 4.98 Å². The summed E-state index contributed by atoms with van der Waals surface area (Å²) in [7, 11) is 0. The van der Waals surface area contributed by atoms with Crippen molar-refractivity contribution in [2.75, 3.05) is 6.61 Å². The van der Waals surface area contributed by atoms with Gasteiger partial charge in [0.15, 0.2) is 0 Å². The van der Waals surface area contributed by atoms with Gasteiger partial charge in [-0.25, -0.2) is 0 Å². The first kappa shape index (κ1) is 11.5. The van der Waals surface area contributed by atoms with E-state index in [4.69, 9.17) is 14.6 Å². The molecule has 1 fully saturated rings. The molecule has 4 nitrogen and oxygen atoms in total. The predicted octanol–water partition coefficient (Wildman–Crippen LogP) is 1.88. The maximum atomic E-state index is 8.36. The number of aromatic nitrogens is 1. The number of ether oxygens (including phenoxy) is 1. The molecule has 1 saturated carbocycles. The summed E-state index contributed by atoms with van der Waals surface area (Å²) >= 11 is 0. The van der Waals surface area contributed by atoms with E-state index in [1.165, 1.54) is 18.4 Å². The summed E-state index contributed by atoms with van der Waals surface area (Å²) in [6, 6.07) is 1.97. The van der Waals surface area contributed by atoms with Gasteiger partial charge >= 0.3 is 0 Å². The highest BCUT2D eigenvalue weighted by atomic mass is 16.5. The van der Waals surface area contributed by atoms with Gasteiger partial charge in [0.05, 0.1) is 12.8 Å². The molecule has 0 bridgehead atoms. The van der Waals surface area contributed by atoms with E-state index in [9.17, 15) is 0 Å². The fraction of sp³-hybridized carbons (Fsp3) is 0.455. The highest BCUT2D eigenvalue weighted by Gasteiger charge is 2.22. The van der Waals surface area contributed by atoms with E-state index in [0.29, 0.717) is 0 Å². The van der Waals surface area contributed by atoms with E-state index in [1.807, 2.05) is 13.0 Å². The van der Waals surface area contributed by atoms with Gasteiger partial charge in [-0.1, -0.05) is 0 Å². The smallest absolute Gasteiger partial charge is 0.290 e. The molecule has 0 spiro atoms. The number of pyridine rings is 1. The van der Waals surface area contributed by atoms with Crippen LogP contribution < -0.4 is 4.74 Å². The normalized spacial score (nSPS) is 13.7. The van der Waals surface area contributed by atoms with Crippen molar-refractivity contribution in [3.8, 4) is 5.75 Å². The summed E-state index contributed by atoms with van der Waals surface area (Å²) in [5.74, 6) is 1.74. The lowest BCUT2D eigenvalue weighted by atomic mass is 10.3. The molecule has 2 rings (SSSR count). The molecule has 1 aromatic heterocycles. The SMILES string of the molecule is Cc1ccncc1OCC1CC1.O=CO. The highest BCUT2D eigenvalue weighted by Crippen LogP contribution is 2.29. The van der Waals surface area contributed by atoms with Crippen LogP contribution in [0.5, 0.6) is 5.75 Å². The van der Waals surface area contributed by atoms with Gasteiger partial charge in [-0.2, -0.15) is 0 Å². The van der Waals surface area contributed by atoms with Crippen LogP contribution in [0.1, 0.15) is 18.4 Å². The Morgan fingerprint density at radius 2 is 2.33 bits per heavy atom. The predicted molar refractivity (Wildman–Crippen MR) is 55.9 cm³/mol. The first-order chi connectivity index (χ1) is 7.27. The van der Waals surface area contributed by atoms with E-state index in [-0.39, 0.29) is 6.47 Å². The molecular formula is C11H15NO3. The van der Waals surface area contributed by atoms with Crippen LogP contribution in [-0.4, -0.2) is 23.2 Å². The number of hydrogen-bond acceptors (Lipinski definition) is 3.